The van der Waals surface area contributed by atoms with Crippen molar-refractivity contribution in [3.05, 3.63) is 125 Å². The zero-order chi connectivity index (χ0) is 18.2. The fraction of sp³-hybridized carbons (Fsp3) is 0.120. The van der Waals surface area contributed by atoms with Gasteiger partial charge in [0.2, 0.25) is 0 Å². The summed E-state index contributed by atoms with van der Waals surface area (Å²) in [4.78, 5) is 0. The summed E-state index contributed by atoms with van der Waals surface area (Å²) in [6.07, 6.45) is 4.92. The summed E-state index contributed by atoms with van der Waals surface area (Å²) in [5, 5.41) is 9.99. The maximum atomic E-state index is 9.99. The van der Waals surface area contributed by atoms with E-state index in [0.29, 0.717) is 0 Å². The van der Waals surface area contributed by atoms with E-state index >= 15 is 0 Å². The summed E-state index contributed by atoms with van der Waals surface area (Å²) in [6, 6.07) is 30.7. The Hall–Kier alpha value is -1.61. The fourth-order valence-electron chi connectivity index (χ4n) is 2.98. The van der Waals surface area contributed by atoms with Crippen molar-refractivity contribution in [2.24, 2.45) is 0 Å². The van der Waals surface area contributed by atoms with Crippen molar-refractivity contribution in [2.75, 3.05) is 0 Å². The third-order valence-corrected chi connectivity index (χ3v) is 4.43. The van der Waals surface area contributed by atoms with Crippen molar-refractivity contribution in [3.63, 3.8) is 0 Å². The third-order valence-electron chi connectivity index (χ3n) is 4.43. The molecule has 0 unspecified atom stereocenters. The fourth-order valence-corrected chi connectivity index (χ4v) is 2.98. The Kier molecular flexibility index (Phi) is 13.6. The zero-order valence-electron chi connectivity index (χ0n) is 16.2. The minimum Gasteiger partial charge on any atom is -1.00 e. The van der Waals surface area contributed by atoms with E-state index in [9.17, 15) is 5.11 Å². The SMILES string of the molecule is CC1=C(c2[c-]cccc2)CC=C1.OC(c1ccccc1)c1ccccc1.[Cl-].[Cl-].[Ti+3]. The number of allylic oxidation sites excluding steroid dienone is 4. The first-order chi connectivity index (χ1) is 12.8. The summed E-state index contributed by atoms with van der Waals surface area (Å²) in [7, 11) is 0. The summed E-state index contributed by atoms with van der Waals surface area (Å²) in [5.74, 6) is 0. The first kappa shape index (κ1) is 27.4. The van der Waals surface area contributed by atoms with Crippen LogP contribution >= 0.6 is 0 Å². The van der Waals surface area contributed by atoms with E-state index < -0.39 is 6.10 Å². The molecule has 1 aliphatic rings. The number of rotatable bonds is 3. The Labute approximate surface area is 201 Å². The topological polar surface area (TPSA) is 20.2 Å². The Morgan fingerprint density at radius 3 is 1.72 bits per heavy atom. The maximum Gasteiger partial charge on any atom is 3.00 e. The van der Waals surface area contributed by atoms with Gasteiger partial charge in [-0.05, 0) is 24.5 Å². The molecule has 0 saturated carbocycles. The second-order valence-electron chi connectivity index (χ2n) is 6.27. The molecule has 1 radical (unpaired) electrons. The molecule has 4 rings (SSSR count). The minimum absolute atomic E-state index is 0. The number of benzene rings is 3. The van der Waals surface area contributed by atoms with Gasteiger partial charge >= 0.3 is 21.7 Å². The van der Waals surface area contributed by atoms with Crippen LogP contribution in [-0.4, -0.2) is 5.11 Å². The summed E-state index contributed by atoms with van der Waals surface area (Å²) in [5.41, 5.74) is 5.88. The molecule has 0 amide bonds. The van der Waals surface area contributed by atoms with Crippen molar-refractivity contribution >= 4 is 5.57 Å². The smallest absolute Gasteiger partial charge is 1.00 e. The van der Waals surface area contributed by atoms with Gasteiger partial charge in [-0.1, -0.05) is 78.4 Å². The van der Waals surface area contributed by atoms with Crippen LogP contribution in [0.3, 0.4) is 0 Å². The van der Waals surface area contributed by atoms with Gasteiger partial charge in [-0.15, -0.1) is 41.5 Å². The Bertz CT molecular complexity index is 839. The molecular formula is C25H23Cl2OTi. The van der Waals surface area contributed by atoms with Crippen LogP contribution < -0.4 is 24.8 Å². The second-order valence-corrected chi connectivity index (χ2v) is 6.27. The average molecular weight is 458 g/mol. The van der Waals surface area contributed by atoms with E-state index in [-0.39, 0.29) is 46.5 Å². The molecule has 3 aromatic carbocycles. The van der Waals surface area contributed by atoms with Crippen LogP contribution in [0.25, 0.3) is 5.57 Å². The molecule has 0 saturated heterocycles. The van der Waals surface area contributed by atoms with Gasteiger partial charge in [0.1, 0.15) is 6.10 Å². The van der Waals surface area contributed by atoms with Crippen molar-refractivity contribution in [3.8, 4) is 0 Å². The quantitative estimate of drug-likeness (QED) is 0.433. The molecule has 0 fully saturated rings. The molecule has 0 heterocycles. The van der Waals surface area contributed by atoms with E-state index in [1.807, 2.05) is 72.8 Å². The first-order valence-corrected chi connectivity index (χ1v) is 8.87. The molecule has 1 aliphatic carbocycles. The van der Waals surface area contributed by atoms with Gasteiger partial charge in [-0.25, -0.2) is 0 Å². The van der Waals surface area contributed by atoms with Crippen LogP contribution in [0.1, 0.15) is 36.1 Å². The Balaban J connectivity index is 0.000000494. The Morgan fingerprint density at radius 1 is 0.793 bits per heavy atom. The van der Waals surface area contributed by atoms with Crippen molar-refractivity contribution in [1.29, 1.82) is 0 Å². The number of aliphatic hydroxyl groups is 1. The molecule has 1 N–H and O–H groups in total. The van der Waals surface area contributed by atoms with Gasteiger partial charge in [0.25, 0.3) is 0 Å². The average Bonchev–Trinajstić information content (AvgIpc) is 3.16. The number of halogens is 2. The third kappa shape index (κ3) is 7.97. The van der Waals surface area contributed by atoms with Crippen LogP contribution in [0.2, 0.25) is 0 Å². The zero-order valence-corrected chi connectivity index (χ0v) is 19.3. The predicted octanol–water partition coefficient (Wildman–Crippen LogP) is -0.00601. The minimum atomic E-state index is -0.516. The number of hydrogen-bond acceptors (Lipinski definition) is 1. The largest absolute Gasteiger partial charge is 3.00 e. The summed E-state index contributed by atoms with van der Waals surface area (Å²) in [6.45, 7) is 2.15. The molecule has 0 atom stereocenters. The molecule has 29 heavy (non-hydrogen) atoms. The van der Waals surface area contributed by atoms with E-state index in [0.717, 1.165) is 17.5 Å². The van der Waals surface area contributed by atoms with Crippen molar-refractivity contribution in [1.82, 2.24) is 0 Å². The Morgan fingerprint density at radius 2 is 1.31 bits per heavy atom. The molecule has 0 aliphatic heterocycles. The summed E-state index contributed by atoms with van der Waals surface area (Å²) < 4.78 is 0. The van der Waals surface area contributed by atoms with E-state index in [1.165, 1.54) is 16.7 Å². The molecular weight excluding hydrogens is 435 g/mol. The molecule has 4 heteroatoms. The van der Waals surface area contributed by atoms with Crippen LogP contribution in [0, 0.1) is 6.07 Å². The molecule has 0 bridgehead atoms. The standard InChI is InChI=1S/C13H12O.C12H11.2ClH.Ti/c14-13(11-7-3-1-4-8-11)12-9-5-2-6-10-12;1-10-6-5-9-12(10)11-7-3-2-4-8-11;;;/h1-10,13-14H;2-7H,9H2,1H3;2*1H;/q;-1;;;+3/p-2. The monoisotopic (exact) mass is 457 g/mol. The summed E-state index contributed by atoms with van der Waals surface area (Å²) >= 11 is 0. The van der Waals surface area contributed by atoms with Gasteiger partial charge in [0.15, 0.2) is 0 Å². The van der Waals surface area contributed by atoms with E-state index in [2.05, 4.69) is 37.3 Å². The van der Waals surface area contributed by atoms with Gasteiger partial charge in [-0.3, -0.25) is 0 Å². The molecule has 3 aromatic rings. The van der Waals surface area contributed by atoms with Crippen LogP contribution in [0.5, 0.6) is 0 Å². The van der Waals surface area contributed by atoms with Gasteiger partial charge < -0.3 is 29.9 Å². The molecule has 0 spiro atoms. The molecule has 0 aromatic heterocycles. The first-order valence-electron chi connectivity index (χ1n) is 8.87. The van der Waals surface area contributed by atoms with E-state index in [1.54, 1.807) is 0 Å². The van der Waals surface area contributed by atoms with Crippen LogP contribution in [0.15, 0.2) is 103 Å². The molecule has 147 valence electrons. The second kappa shape index (κ2) is 14.4. The predicted molar refractivity (Wildman–Crippen MR) is 109 cm³/mol. The maximum absolute atomic E-state index is 9.99. The normalized spacial score (nSPS) is 11.6. The van der Waals surface area contributed by atoms with Gasteiger partial charge in [-0.2, -0.15) is 0 Å². The van der Waals surface area contributed by atoms with Gasteiger partial charge in [0.05, 0.1) is 0 Å². The number of aliphatic hydroxyl groups excluding tert-OH is 1. The van der Waals surface area contributed by atoms with Crippen LogP contribution in [0.4, 0.5) is 0 Å². The van der Waals surface area contributed by atoms with Crippen molar-refractivity contribution < 1.29 is 51.6 Å². The van der Waals surface area contributed by atoms with Crippen LogP contribution in [-0.2, 0) is 21.7 Å². The van der Waals surface area contributed by atoms with Crippen molar-refractivity contribution in [2.45, 2.75) is 19.4 Å². The number of hydrogen-bond donors (Lipinski definition) is 1. The van der Waals surface area contributed by atoms with Gasteiger partial charge in [0, 0.05) is 0 Å². The van der Waals surface area contributed by atoms with E-state index in [4.69, 9.17) is 0 Å². The molecule has 1 nitrogen and oxygen atoms in total.